The molecule has 1 unspecified atom stereocenters. The molecule has 0 aliphatic carbocycles. The predicted molar refractivity (Wildman–Crippen MR) is 93.4 cm³/mol. The maximum Gasteiger partial charge on any atom is 0.0354 e. The average Bonchev–Trinajstić information content (AvgIpc) is 2.83. The molecule has 100 valence electrons. The number of halogens is 1. The zero-order chi connectivity index (χ0) is 13.9. The van der Waals surface area contributed by atoms with Gasteiger partial charge in [-0.2, -0.15) is 0 Å². The third-order valence-corrected chi connectivity index (χ3v) is 6.42. The molecule has 1 aromatic carbocycles. The fraction of sp³-hybridized carbons (Fsp3) is 0.250. The maximum atomic E-state index is 3.96. The van der Waals surface area contributed by atoms with Crippen molar-refractivity contribution in [3.05, 3.63) is 53.4 Å². The van der Waals surface area contributed by atoms with E-state index in [1.165, 1.54) is 19.5 Å². The van der Waals surface area contributed by atoms with E-state index in [0.29, 0.717) is 0 Å². The normalized spacial score (nSPS) is 14.2. The Balaban J connectivity index is 2.18. The lowest BCUT2D eigenvalue weighted by Crippen LogP contribution is -2.14. The van der Waals surface area contributed by atoms with Crippen LogP contribution in [0.25, 0.3) is 10.1 Å². The highest BCUT2D eigenvalue weighted by molar-refractivity contribution is 9.10. The molecule has 0 aliphatic heterocycles. The van der Waals surface area contributed by atoms with Crippen LogP contribution in [-0.4, -0.2) is 5.75 Å². The van der Waals surface area contributed by atoms with Gasteiger partial charge in [-0.1, -0.05) is 19.1 Å². The fourth-order valence-electron chi connectivity index (χ4n) is 1.85. The second kappa shape index (κ2) is 6.29. The molecule has 0 aliphatic rings. The number of allylic oxidation sites excluding steroid dienone is 2. The van der Waals surface area contributed by atoms with Crippen molar-refractivity contribution in [3.63, 3.8) is 0 Å². The highest BCUT2D eigenvalue weighted by Crippen LogP contribution is 2.38. The number of rotatable bonds is 6. The summed E-state index contributed by atoms with van der Waals surface area (Å²) in [5, 5.41) is 3.44. The Labute approximate surface area is 131 Å². The summed E-state index contributed by atoms with van der Waals surface area (Å²) in [6.45, 7) is 10.0. The lowest BCUT2D eigenvalue weighted by atomic mass is 9.89. The van der Waals surface area contributed by atoms with Crippen LogP contribution in [0.4, 0.5) is 0 Å². The second-order valence-electron chi connectivity index (χ2n) is 4.88. The molecule has 3 heteroatoms. The summed E-state index contributed by atoms with van der Waals surface area (Å²) < 4.78 is 2.52. The number of thiophene rings is 1. The minimum atomic E-state index is 0.107. The third kappa shape index (κ3) is 3.53. The second-order valence-corrected chi connectivity index (χ2v) is 7.70. The molecule has 2 rings (SSSR count). The van der Waals surface area contributed by atoms with Crippen molar-refractivity contribution >= 4 is 49.1 Å². The Hall–Kier alpha value is -0.510. The highest BCUT2D eigenvalue weighted by atomic mass is 79.9. The van der Waals surface area contributed by atoms with Crippen LogP contribution < -0.4 is 0 Å². The molecule has 0 saturated carbocycles. The molecule has 0 radical (unpaired) electrons. The van der Waals surface area contributed by atoms with Crippen LogP contribution in [0.5, 0.6) is 0 Å². The van der Waals surface area contributed by atoms with Crippen LogP contribution in [0.1, 0.15) is 13.3 Å². The molecule has 1 aromatic heterocycles. The summed E-state index contributed by atoms with van der Waals surface area (Å²) in [7, 11) is 0. The Kier molecular flexibility index (Phi) is 4.93. The molecular weight excluding hydrogens is 336 g/mol. The Morgan fingerprint density at radius 3 is 2.89 bits per heavy atom. The number of benzene rings is 1. The molecule has 0 fully saturated rings. The fourth-order valence-corrected chi connectivity index (χ4v) is 4.56. The summed E-state index contributed by atoms with van der Waals surface area (Å²) in [5.41, 5.74) is 0.107. The van der Waals surface area contributed by atoms with Gasteiger partial charge in [0.05, 0.1) is 0 Å². The van der Waals surface area contributed by atoms with E-state index in [1.54, 1.807) is 11.3 Å². The van der Waals surface area contributed by atoms with Crippen molar-refractivity contribution in [2.24, 2.45) is 5.41 Å². The molecule has 0 amide bonds. The van der Waals surface area contributed by atoms with Gasteiger partial charge in [-0.25, -0.2) is 0 Å². The van der Waals surface area contributed by atoms with E-state index in [-0.39, 0.29) is 5.41 Å². The standard InChI is InChI=1S/C16H17BrS2/c1-4-7-16(3,5-2)11-19-15-10-14-12(6-8-18-14)9-13(15)17/h4-6,8-10H,1-2,7,11H2,3H3. The lowest BCUT2D eigenvalue weighted by Gasteiger charge is -2.23. The van der Waals surface area contributed by atoms with Gasteiger partial charge in [-0.05, 0) is 56.7 Å². The van der Waals surface area contributed by atoms with Crippen molar-refractivity contribution in [2.75, 3.05) is 5.75 Å². The van der Waals surface area contributed by atoms with Crippen LogP contribution in [0.3, 0.4) is 0 Å². The Morgan fingerprint density at radius 2 is 2.21 bits per heavy atom. The molecule has 2 aromatic rings. The van der Waals surface area contributed by atoms with Crippen LogP contribution in [0.15, 0.2) is 58.3 Å². The highest BCUT2D eigenvalue weighted by Gasteiger charge is 2.19. The van der Waals surface area contributed by atoms with E-state index in [2.05, 4.69) is 59.6 Å². The van der Waals surface area contributed by atoms with E-state index >= 15 is 0 Å². The summed E-state index contributed by atoms with van der Waals surface area (Å²) in [5.74, 6) is 1.01. The molecule has 0 bridgehead atoms. The molecule has 1 atom stereocenters. The van der Waals surface area contributed by atoms with Crippen molar-refractivity contribution < 1.29 is 0 Å². The first-order chi connectivity index (χ1) is 9.08. The minimum absolute atomic E-state index is 0.107. The van der Waals surface area contributed by atoms with Crippen LogP contribution in [0, 0.1) is 5.41 Å². The number of thioether (sulfide) groups is 1. The number of hydrogen-bond donors (Lipinski definition) is 0. The minimum Gasteiger partial charge on any atom is -0.144 e. The van der Waals surface area contributed by atoms with E-state index < -0.39 is 0 Å². The van der Waals surface area contributed by atoms with Crippen molar-refractivity contribution in [2.45, 2.75) is 18.2 Å². The summed E-state index contributed by atoms with van der Waals surface area (Å²) >= 11 is 7.34. The van der Waals surface area contributed by atoms with Gasteiger partial charge in [-0.15, -0.1) is 36.3 Å². The van der Waals surface area contributed by atoms with E-state index in [4.69, 9.17) is 0 Å². The average molecular weight is 353 g/mol. The van der Waals surface area contributed by atoms with Crippen molar-refractivity contribution in [1.82, 2.24) is 0 Å². The Bertz CT molecular complexity index is 600. The first-order valence-electron chi connectivity index (χ1n) is 6.12. The number of hydrogen-bond acceptors (Lipinski definition) is 2. The van der Waals surface area contributed by atoms with Gasteiger partial charge in [0.15, 0.2) is 0 Å². The largest absolute Gasteiger partial charge is 0.144 e. The molecule has 0 saturated heterocycles. The topological polar surface area (TPSA) is 0 Å². The van der Waals surface area contributed by atoms with Gasteiger partial charge in [0.25, 0.3) is 0 Å². The van der Waals surface area contributed by atoms with Gasteiger partial charge in [0.2, 0.25) is 0 Å². The van der Waals surface area contributed by atoms with Crippen LogP contribution in [0.2, 0.25) is 0 Å². The van der Waals surface area contributed by atoms with Gasteiger partial charge in [0.1, 0.15) is 0 Å². The Morgan fingerprint density at radius 1 is 1.42 bits per heavy atom. The summed E-state index contributed by atoms with van der Waals surface area (Å²) in [6.07, 6.45) is 4.97. The van der Waals surface area contributed by atoms with Crippen LogP contribution in [-0.2, 0) is 0 Å². The van der Waals surface area contributed by atoms with Crippen molar-refractivity contribution in [1.29, 1.82) is 0 Å². The van der Waals surface area contributed by atoms with Gasteiger partial charge < -0.3 is 0 Å². The SMILES string of the molecule is C=CCC(C)(C=C)CSc1cc2sccc2cc1Br. The zero-order valence-electron chi connectivity index (χ0n) is 11.0. The maximum absolute atomic E-state index is 3.96. The quantitative estimate of drug-likeness (QED) is 0.420. The lowest BCUT2D eigenvalue weighted by molar-refractivity contribution is 0.502. The molecule has 0 N–H and O–H groups in total. The van der Waals surface area contributed by atoms with Gasteiger partial charge >= 0.3 is 0 Å². The molecule has 19 heavy (non-hydrogen) atoms. The third-order valence-electron chi connectivity index (χ3n) is 3.17. The first kappa shape index (κ1) is 14.9. The number of fused-ring (bicyclic) bond motifs is 1. The van der Waals surface area contributed by atoms with Crippen molar-refractivity contribution in [3.8, 4) is 0 Å². The van der Waals surface area contributed by atoms with Crippen LogP contribution >= 0.6 is 39.0 Å². The molecule has 0 nitrogen and oxygen atoms in total. The molecular formula is C16H17BrS2. The first-order valence-corrected chi connectivity index (χ1v) is 8.78. The zero-order valence-corrected chi connectivity index (χ0v) is 14.2. The summed E-state index contributed by atoms with van der Waals surface area (Å²) in [4.78, 5) is 1.30. The molecule has 1 heterocycles. The smallest absolute Gasteiger partial charge is 0.0354 e. The van der Waals surface area contributed by atoms with E-state index in [0.717, 1.165) is 12.2 Å². The van der Waals surface area contributed by atoms with Gasteiger partial charge in [-0.3, -0.25) is 0 Å². The van der Waals surface area contributed by atoms with E-state index in [9.17, 15) is 0 Å². The molecule has 0 spiro atoms. The summed E-state index contributed by atoms with van der Waals surface area (Å²) in [6, 6.07) is 6.63. The monoisotopic (exact) mass is 352 g/mol. The van der Waals surface area contributed by atoms with E-state index in [1.807, 2.05) is 23.9 Å². The predicted octanol–water partition coefficient (Wildman–Crippen LogP) is 6.52. The van der Waals surface area contributed by atoms with Gasteiger partial charge in [0, 0.05) is 19.8 Å².